The molecule has 0 amide bonds. The van der Waals surface area contributed by atoms with E-state index in [-0.39, 0.29) is 5.69 Å². The average molecular weight is 267 g/mol. The Hall–Kier alpha value is -1.34. The molecule has 1 saturated carbocycles. The molecule has 0 bridgehead atoms. The van der Waals surface area contributed by atoms with Gasteiger partial charge in [0.15, 0.2) is 11.4 Å². The molecule has 0 atom stereocenters. The molecule has 0 radical (unpaired) electrons. The summed E-state index contributed by atoms with van der Waals surface area (Å²) in [4.78, 5) is 22.8. The summed E-state index contributed by atoms with van der Waals surface area (Å²) in [7, 11) is 0. The van der Waals surface area contributed by atoms with Crippen molar-refractivity contribution in [3.8, 4) is 0 Å². The fourth-order valence-electron chi connectivity index (χ4n) is 1.56. The van der Waals surface area contributed by atoms with Gasteiger partial charge in [-0.15, -0.1) is 16.4 Å². The van der Waals surface area contributed by atoms with Gasteiger partial charge in [0.2, 0.25) is 0 Å². The maximum absolute atomic E-state index is 11.6. The number of rotatable bonds is 4. The van der Waals surface area contributed by atoms with Gasteiger partial charge in [-0.25, -0.2) is 9.89 Å². The minimum absolute atomic E-state index is 0.151. The van der Waals surface area contributed by atoms with Gasteiger partial charge < -0.3 is 0 Å². The molecule has 88 valence electrons. The lowest BCUT2D eigenvalue weighted by atomic mass is 10.5. The van der Waals surface area contributed by atoms with E-state index in [9.17, 15) is 9.59 Å². The molecule has 2 aromatic rings. The molecule has 1 aliphatic rings. The number of carbonyl (C=O) groups is 1. The highest BCUT2D eigenvalue weighted by molar-refractivity contribution is 8.01. The largest absolute Gasteiger partial charge is 0.344 e. The van der Waals surface area contributed by atoms with Crippen molar-refractivity contribution in [1.29, 1.82) is 0 Å². The Balaban J connectivity index is 1.89. The van der Waals surface area contributed by atoms with Gasteiger partial charge in [-0.3, -0.25) is 9.36 Å². The minimum atomic E-state index is -0.151. The van der Waals surface area contributed by atoms with Crippen LogP contribution in [0.25, 0.3) is 0 Å². The van der Waals surface area contributed by atoms with E-state index in [1.165, 1.54) is 23.1 Å². The number of hydrogen-bond donors (Lipinski definition) is 1. The van der Waals surface area contributed by atoms with Crippen LogP contribution in [0.5, 0.6) is 0 Å². The van der Waals surface area contributed by atoms with E-state index in [1.807, 2.05) is 6.07 Å². The molecule has 0 unspecified atom stereocenters. The highest BCUT2D eigenvalue weighted by Crippen LogP contribution is 2.38. The maximum atomic E-state index is 11.6. The molecule has 1 fully saturated rings. The van der Waals surface area contributed by atoms with Crippen molar-refractivity contribution in [2.75, 3.05) is 0 Å². The van der Waals surface area contributed by atoms with Gasteiger partial charge in [0.05, 0.1) is 9.09 Å². The first kappa shape index (κ1) is 10.8. The van der Waals surface area contributed by atoms with Gasteiger partial charge in [-0.05, 0) is 36.7 Å². The zero-order valence-corrected chi connectivity index (χ0v) is 10.4. The van der Waals surface area contributed by atoms with E-state index in [4.69, 9.17) is 0 Å². The molecule has 2 heterocycles. The van der Waals surface area contributed by atoms with E-state index in [0.29, 0.717) is 16.1 Å². The molecule has 2 aromatic heterocycles. The Bertz CT molecular complexity index is 609. The van der Waals surface area contributed by atoms with Crippen molar-refractivity contribution in [2.24, 2.45) is 0 Å². The first-order chi connectivity index (χ1) is 8.28. The standard InChI is InChI=1S/C10H9N3O2S2/c14-5-7-3-4-8(16-7)17-10-12-11-9(15)13(10)6-1-2-6/h3-6H,1-2H2,(H,11,15). The molecule has 0 aromatic carbocycles. The molecule has 17 heavy (non-hydrogen) atoms. The van der Waals surface area contributed by atoms with E-state index in [2.05, 4.69) is 10.2 Å². The fraction of sp³-hybridized carbons (Fsp3) is 0.300. The number of hydrogen-bond acceptors (Lipinski definition) is 5. The zero-order chi connectivity index (χ0) is 11.8. The molecule has 7 heteroatoms. The Labute approximate surface area is 105 Å². The van der Waals surface area contributed by atoms with Crippen LogP contribution in [0.3, 0.4) is 0 Å². The molecule has 5 nitrogen and oxygen atoms in total. The third-order valence-electron chi connectivity index (χ3n) is 2.49. The monoisotopic (exact) mass is 267 g/mol. The highest BCUT2D eigenvalue weighted by atomic mass is 32.2. The first-order valence-electron chi connectivity index (χ1n) is 5.17. The number of H-pyrrole nitrogens is 1. The van der Waals surface area contributed by atoms with Crippen LogP contribution in [-0.4, -0.2) is 21.1 Å². The molecular weight excluding hydrogens is 258 g/mol. The molecule has 0 aliphatic heterocycles. The number of nitrogens with one attached hydrogen (secondary N) is 1. The van der Waals surface area contributed by atoms with Gasteiger partial charge in [-0.1, -0.05) is 0 Å². The zero-order valence-electron chi connectivity index (χ0n) is 8.75. The molecule has 3 rings (SSSR count). The minimum Gasteiger partial charge on any atom is -0.297 e. The van der Waals surface area contributed by atoms with Gasteiger partial charge in [-0.2, -0.15) is 0 Å². The van der Waals surface area contributed by atoms with Crippen LogP contribution in [0.1, 0.15) is 28.6 Å². The third kappa shape index (κ3) is 2.07. The number of aldehydes is 1. The number of aromatic amines is 1. The van der Waals surface area contributed by atoms with Gasteiger partial charge >= 0.3 is 5.69 Å². The predicted molar refractivity (Wildman–Crippen MR) is 64.9 cm³/mol. The molecule has 0 saturated heterocycles. The predicted octanol–water partition coefficient (Wildman–Crippen LogP) is 1.93. The summed E-state index contributed by atoms with van der Waals surface area (Å²) in [5, 5.41) is 7.16. The van der Waals surface area contributed by atoms with Crippen LogP contribution in [0, 0.1) is 0 Å². The lowest BCUT2D eigenvalue weighted by Gasteiger charge is -2.00. The van der Waals surface area contributed by atoms with E-state index in [1.54, 1.807) is 10.6 Å². The van der Waals surface area contributed by atoms with Crippen molar-refractivity contribution in [1.82, 2.24) is 14.8 Å². The van der Waals surface area contributed by atoms with E-state index >= 15 is 0 Å². The lowest BCUT2D eigenvalue weighted by molar-refractivity contribution is 0.112. The van der Waals surface area contributed by atoms with Crippen LogP contribution < -0.4 is 5.69 Å². The normalized spacial score (nSPS) is 15.1. The third-order valence-corrected chi connectivity index (χ3v) is 4.61. The summed E-state index contributed by atoms with van der Waals surface area (Å²) in [5.41, 5.74) is -0.151. The van der Waals surface area contributed by atoms with Crippen molar-refractivity contribution >= 4 is 29.4 Å². The molecule has 0 spiro atoms. The van der Waals surface area contributed by atoms with E-state index < -0.39 is 0 Å². The molecule has 1 N–H and O–H groups in total. The number of nitrogens with zero attached hydrogens (tertiary/aromatic N) is 2. The Morgan fingerprint density at radius 2 is 2.35 bits per heavy atom. The van der Waals surface area contributed by atoms with E-state index in [0.717, 1.165) is 23.3 Å². The lowest BCUT2D eigenvalue weighted by Crippen LogP contribution is -2.15. The van der Waals surface area contributed by atoms with Gasteiger partial charge in [0.1, 0.15) is 0 Å². The second-order valence-corrected chi connectivity index (χ2v) is 6.17. The summed E-state index contributed by atoms with van der Waals surface area (Å²) in [6.07, 6.45) is 2.90. The second-order valence-electron chi connectivity index (χ2n) is 3.79. The quantitative estimate of drug-likeness (QED) is 0.859. The van der Waals surface area contributed by atoms with Crippen LogP contribution in [-0.2, 0) is 0 Å². The summed E-state index contributed by atoms with van der Waals surface area (Å²) >= 11 is 2.82. The van der Waals surface area contributed by atoms with Crippen LogP contribution in [0.15, 0.2) is 26.3 Å². The second kappa shape index (κ2) is 4.15. The molecular formula is C10H9N3O2S2. The van der Waals surface area contributed by atoms with Crippen LogP contribution >= 0.6 is 23.1 Å². The van der Waals surface area contributed by atoms with Gasteiger partial charge in [0, 0.05) is 6.04 Å². The molecule has 1 aliphatic carbocycles. The Kier molecular flexibility index (Phi) is 2.64. The topological polar surface area (TPSA) is 67.8 Å². The number of aromatic nitrogens is 3. The van der Waals surface area contributed by atoms with Crippen molar-refractivity contribution < 1.29 is 4.79 Å². The summed E-state index contributed by atoms with van der Waals surface area (Å²) in [5.74, 6) is 0. The van der Waals surface area contributed by atoms with Gasteiger partial charge in [0.25, 0.3) is 0 Å². The summed E-state index contributed by atoms with van der Waals surface area (Å²) in [6.45, 7) is 0. The smallest absolute Gasteiger partial charge is 0.297 e. The van der Waals surface area contributed by atoms with Crippen LogP contribution in [0.2, 0.25) is 0 Å². The fourth-order valence-corrected chi connectivity index (χ4v) is 3.53. The number of thiophene rings is 1. The first-order valence-corrected chi connectivity index (χ1v) is 6.81. The average Bonchev–Trinajstić information content (AvgIpc) is 2.94. The number of carbonyl (C=O) groups excluding carboxylic acids is 1. The summed E-state index contributed by atoms with van der Waals surface area (Å²) < 4.78 is 2.67. The Morgan fingerprint density at radius 1 is 1.53 bits per heavy atom. The van der Waals surface area contributed by atoms with Crippen molar-refractivity contribution in [3.63, 3.8) is 0 Å². The SMILES string of the molecule is O=Cc1ccc(Sc2n[nH]c(=O)n2C2CC2)s1. The van der Waals surface area contributed by atoms with Crippen molar-refractivity contribution in [3.05, 3.63) is 27.5 Å². The van der Waals surface area contributed by atoms with Crippen LogP contribution in [0.4, 0.5) is 0 Å². The van der Waals surface area contributed by atoms with Crippen molar-refractivity contribution in [2.45, 2.75) is 28.2 Å². The highest BCUT2D eigenvalue weighted by Gasteiger charge is 2.28. The summed E-state index contributed by atoms with van der Waals surface area (Å²) in [6, 6.07) is 3.94. The Morgan fingerprint density at radius 3 is 3.00 bits per heavy atom. The maximum Gasteiger partial charge on any atom is 0.344 e.